The van der Waals surface area contributed by atoms with Gasteiger partial charge in [0.05, 0.1) is 26.4 Å². The summed E-state index contributed by atoms with van der Waals surface area (Å²) >= 11 is 0. The van der Waals surface area contributed by atoms with Crippen molar-refractivity contribution in [2.24, 2.45) is 0 Å². The molecule has 0 N–H and O–H groups in total. The normalized spacial score (nSPS) is 11.1. The molecule has 5 heteroatoms. The van der Waals surface area contributed by atoms with E-state index < -0.39 is 0 Å². The summed E-state index contributed by atoms with van der Waals surface area (Å²) in [6.07, 6.45) is 18.2. The van der Waals surface area contributed by atoms with Crippen LogP contribution in [0.1, 0.15) is 109 Å². The van der Waals surface area contributed by atoms with E-state index in [0.717, 1.165) is 25.0 Å². The number of esters is 1. The predicted octanol–water partition coefficient (Wildman–Crippen LogP) is 9.35. The van der Waals surface area contributed by atoms with Crippen molar-refractivity contribution in [3.63, 3.8) is 0 Å². The van der Waals surface area contributed by atoms with E-state index in [9.17, 15) is 4.79 Å². The van der Waals surface area contributed by atoms with E-state index >= 15 is 0 Å². The van der Waals surface area contributed by atoms with Gasteiger partial charge in [-0.05, 0) is 48.1 Å². The molecule has 0 amide bonds. The minimum absolute atomic E-state index is 0.119. The lowest BCUT2D eigenvalue weighted by Gasteiger charge is -2.09. The summed E-state index contributed by atoms with van der Waals surface area (Å²) in [6, 6.07) is 17.0. The molecule has 41 heavy (non-hydrogen) atoms. The molecule has 0 aliphatic rings. The van der Waals surface area contributed by atoms with Crippen molar-refractivity contribution in [1.82, 2.24) is 0 Å². The van der Waals surface area contributed by atoms with Crippen molar-refractivity contribution in [3.05, 3.63) is 54.1 Å². The average Bonchev–Trinajstić information content (AvgIpc) is 3.00. The lowest BCUT2D eigenvalue weighted by Crippen LogP contribution is -2.14. The van der Waals surface area contributed by atoms with Crippen LogP contribution in [0.5, 0.6) is 5.75 Å². The van der Waals surface area contributed by atoms with Crippen molar-refractivity contribution in [3.8, 4) is 16.9 Å². The van der Waals surface area contributed by atoms with Crippen LogP contribution in [0.3, 0.4) is 0 Å². The minimum atomic E-state index is -0.119. The minimum Gasteiger partial charge on any atom is -0.491 e. The zero-order chi connectivity index (χ0) is 29.2. The Bertz CT molecular complexity index is 878. The zero-order valence-corrected chi connectivity index (χ0v) is 26.0. The summed E-state index contributed by atoms with van der Waals surface area (Å²) in [4.78, 5) is 11.8. The number of unbranched alkanes of at least 4 members (excludes halogenated alkanes) is 11. The molecule has 0 saturated heterocycles. The first kappa shape index (κ1) is 34.8. The maximum Gasteiger partial charge on any atom is 0.305 e. The first-order chi connectivity index (χ1) is 20.2. The van der Waals surface area contributed by atoms with E-state index in [-0.39, 0.29) is 5.97 Å². The van der Waals surface area contributed by atoms with Crippen LogP contribution in [-0.2, 0) is 25.4 Å². The lowest BCUT2D eigenvalue weighted by molar-refractivity contribution is -0.145. The summed E-state index contributed by atoms with van der Waals surface area (Å²) in [5.41, 5.74) is 3.81. The van der Waals surface area contributed by atoms with Gasteiger partial charge in [0.25, 0.3) is 0 Å². The van der Waals surface area contributed by atoms with Gasteiger partial charge in [0.15, 0.2) is 0 Å². The lowest BCUT2D eigenvalue weighted by atomic mass is 10.0. The molecule has 0 heterocycles. The first-order valence-corrected chi connectivity index (χ1v) is 16.4. The molecular weight excluding hydrogens is 512 g/mol. The zero-order valence-electron chi connectivity index (χ0n) is 26.0. The summed E-state index contributed by atoms with van der Waals surface area (Å²) in [5.74, 6) is 0.717. The van der Waals surface area contributed by atoms with E-state index in [2.05, 4.69) is 50.2 Å². The summed E-state index contributed by atoms with van der Waals surface area (Å²) in [7, 11) is 0. The van der Waals surface area contributed by atoms with Crippen molar-refractivity contribution in [1.29, 1.82) is 0 Å². The summed E-state index contributed by atoms with van der Waals surface area (Å²) in [5, 5.41) is 0. The average molecular weight is 569 g/mol. The van der Waals surface area contributed by atoms with Crippen LogP contribution in [0.15, 0.2) is 48.5 Å². The monoisotopic (exact) mass is 568 g/mol. The Morgan fingerprint density at radius 1 is 0.537 bits per heavy atom. The highest BCUT2D eigenvalue weighted by Gasteiger charge is 2.03. The Balaban J connectivity index is 1.37. The number of hydrogen-bond acceptors (Lipinski definition) is 5. The van der Waals surface area contributed by atoms with Gasteiger partial charge in [-0.3, -0.25) is 4.79 Å². The van der Waals surface area contributed by atoms with Crippen LogP contribution < -0.4 is 4.74 Å². The highest BCUT2D eigenvalue weighted by atomic mass is 16.6. The largest absolute Gasteiger partial charge is 0.491 e. The predicted molar refractivity (Wildman–Crippen MR) is 170 cm³/mol. The number of hydrogen-bond donors (Lipinski definition) is 0. The summed E-state index contributed by atoms with van der Waals surface area (Å²) < 4.78 is 22.1. The van der Waals surface area contributed by atoms with Crippen LogP contribution in [-0.4, -0.2) is 45.6 Å². The highest BCUT2D eigenvalue weighted by molar-refractivity contribution is 5.69. The maximum atomic E-state index is 11.8. The summed E-state index contributed by atoms with van der Waals surface area (Å²) in [6.45, 7) is 7.14. The maximum absolute atomic E-state index is 11.8. The Labute approximate surface area is 250 Å². The quantitative estimate of drug-likeness (QED) is 0.0836. The van der Waals surface area contributed by atoms with Crippen molar-refractivity contribution < 1.29 is 23.7 Å². The Morgan fingerprint density at radius 3 is 1.61 bits per heavy atom. The Hall–Kier alpha value is -2.37. The van der Waals surface area contributed by atoms with Crippen LogP contribution in [0, 0.1) is 0 Å². The molecule has 0 spiro atoms. The number of benzene rings is 2. The molecule has 230 valence electrons. The molecule has 0 fully saturated rings. The van der Waals surface area contributed by atoms with Crippen LogP contribution in [0.25, 0.3) is 11.1 Å². The van der Waals surface area contributed by atoms with Gasteiger partial charge in [-0.25, -0.2) is 0 Å². The molecular formula is C36H56O5. The van der Waals surface area contributed by atoms with Crippen molar-refractivity contribution in [2.75, 3.05) is 39.6 Å². The molecule has 0 saturated carbocycles. The second-order valence-electron chi connectivity index (χ2n) is 10.9. The standard InChI is InChI=1S/C36H56O5/c1-3-5-7-8-9-10-11-12-13-14-15-17-36(37)41-31-29-39-27-26-38-28-30-40-35-24-22-34(23-25-35)33-20-18-32(19-21-33)16-6-4-2/h18-25H,3-17,26-31H2,1-2H3. The van der Waals surface area contributed by atoms with E-state index in [1.807, 2.05) is 12.1 Å². The second kappa shape index (κ2) is 24.2. The molecule has 0 aliphatic carbocycles. The van der Waals surface area contributed by atoms with Crippen LogP contribution in [0.2, 0.25) is 0 Å². The van der Waals surface area contributed by atoms with Gasteiger partial charge in [-0.15, -0.1) is 0 Å². The topological polar surface area (TPSA) is 54.0 Å². The third kappa shape index (κ3) is 17.9. The van der Waals surface area contributed by atoms with E-state index in [0.29, 0.717) is 46.1 Å². The third-order valence-electron chi connectivity index (χ3n) is 7.30. The third-order valence-corrected chi connectivity index (χ3v) is 7.30. The SMILES string of the molecule is CCCCCCCCCCCCCC(=O)OCCOCCOCCOc1ccc(-c2ccc(CCCC)cc2)cc1. The fourth-order valence-corrected chi connectivity index (χ4v) is 4.75. The van der Waals surface area contributed by atoms with Crippen molar-refractivity contribution >= 4 is 5.97 Å². The first-order valence-electron chi connectivity index (χ1n) is 16.4. The van der Waals surface area contributed by atoms with Gasteiger partial charge in [0, 0.05) is 6.42 Å². The number of rotatable bonds is 26. The molecule has 0 bridgehead atoms. The molecule has 5 nitrogen and oxygen atoms in total. The van der Waals surface area contributed by atoms with Gasteiger partial charge >= 0.3 is 5.97 Å². The molecule has 0 aliphatic heterocycles. The second-order valence-corrected chi connectivity index (χ2v) is 10.9. The van der Waals surface area contributed by atoms with E-state index in [1.165, 1.54) is 87.3 Å². The fourth-order valence-electron chi connectivity index (χ4n) is 4.75. The highest BCUT2D eigenvalue weighted by Crippen LogP contribution is 2.23. The molecule has 0 aromatic heterocycles. The molecule has 0 radical (unpaired) electrons. The number of ether oxygens (including phenoxy) is 4. The molecule has 2 rings (SSSR count). The fraction of sp³-hybridized carbons (Fsp3) is 0.639. The van der Waals surface area contributed by atoms with Gasteiger partial charge in [-0.2, -0.15) is 0 Å². The number of aryl methyl sites for hydroxylation is 1. The van der Waals surface area contributed by atoms with Crippen LogP contribution >= 0.6 is 0 Å². The molecule has 0 unspecified atom stereocenters. The van der Waals surface area contributed by atoms with Gasteiger partial charge < -0.3 is 18.9 Å². The van der Waals surface area contributed by atoms with Gasteiger partial charge in [0.1, 0.15) is 19.0 Å². The molecule has 0 atom stereocenters. The van der Waals surface area contributed by atoms with E-state index in [4.69, 9.17) is 18.9 Å². The van der Waals surface area contributed by atoms with Crippen LogP contribution in [0.4, 0.5) is 0 Å². The number of carbonyl (C=O) groups excluding carboxylic acids is 1. The number of carbonyl (C=O) groups is 1. The molecule has 2 aromatic rings. The Morgan fingerprint density at radius 2 is 1.02 bits per heavy atom. The van der Waals surface area contributed by atoms with E-state index in [1.54, 1.807) is 0 Å². The van der Waals surface area contributed by atoms with Gasteiger partial charge in [0.2, 0.25) is 0 Å². The van der Waals surface area contributed by atoms with Crippen molar-refractivity contribution in [2.45, 2.75) is 110 Å². The van der Waals surface area contributed by atoms with Gasteiger partial charge in [-0.1, -0.05) is 121 Å². The smallest absolute Gasteiger partial charge is 0.305 e. The Kier molecular flexibility index (Phi) is 20.6. The molecule has 2 aromatic carbocycles.